The van der Waals surface area contributed by atoms with Gasteiger partial charge in [0.05, 0.1) is 11.6 Å². The Kier molecular flexibility index (Phi) is 4.39. The van der Waals surface area contributed by atoms with Gasteiger partial charge in [-0.25, -0.2) is 0 Å². The molecule has 2 aromatic carbocycles. The van der Waals surface area contributed by atoms with E-state index in [1.165, 1.54) is 0 Å². The van der Waals surface area contributed by atoms with Crippen LogP contribution in [0.2, 0.25) is 5.02 Å². The van der Waals surface area contributed by atoms with Crippen molar-refractivity contribution in [3.63, 3.8) is 0 Å². The second-order valence-electron chi connectivity index (χ2n) is 4.27. The summed E-state index contributed by atoms with van der Waals surface area (Å²) in [5, 5.41) is 9.23. The van der Waals surface area contributed by atoms with Crippen molar-refractivity contribution < 1.29 is 9.53 Å². The molecule has 2 rings (SSSR count). The van der Waals surface area contributed by atoms with Crippen LogP contribution in [-0.4, -0.2) is 11.9 Å². The zero-order valence-electron chi connectivity index (χ0n) is 10.8. The SMILES string of the molecule is C[C@@H](Oc1ccc(C#N)cc1)C(=O)c1cccc(Cl)c1. The molecule has 0 fully saturated rings. The molecule has 0 aromatic heterocycles. The van der Waals surface area contributed by atoms with Gasteiger partial charge in [-0.3, -0.25) is 4.79 Å². The molecule has 0 amide bonds. The Morgan fingerprint density at radius 1 is 1.25 bits per heavy atom. The third kappa shape index (κ3) is 3.37. The van der Waals surface area contributed by atoms with Crippen LogP contribution in [0.3, 0.4) is 0 Å². The monoisotopic (exact) mass is 285 g/mol. The average Bonchev–Trinajstić information content (AvgIpc) is 2.47. The van der Waals surface area contributed by atoms with Gasteiger partial charge < -0.3 is 4.74 Å². The Labute approximate surface area is 122 Å². The van der Waals surface area contributed by atoms with E-state index >= 15 is 0 Å². The molecule has 0 radical (unpaired) electrons. The normalized spacial score (nSPS) is 11.4. The van der Waals surface area contributed by atoms with Crippen LogP contribution in [0.1, 0.15) is 22.8 Å². The standard InChI is InChI=1S/C16H12ClNO2/c1-11(16(19)13-3-2-4-14(17)9-13)20-15-7-5-12(10-18)6-8-15/h2-9,11H,1H3/t11-/m1/s1. The van der Waals surface area contributed by atoms with E-state index in [1.807, 2.05) is 6.07 Å². The largest absolute Gasteiger partial charge is 0.483 e. The number of rotatable bonds is 4. The van der Waals surface area contributed by atoms with E-state index in [2.05, 4.69) is 0 Å². The van der Waals surface area contributed by atoms with Gasteiger partial charge in [0.2, 0.25) is 5.78 Å². The lowest BCUT2D eigenvalue weighted by molar-refractivity contribution is 0.0818. The molecule has 0 saturated heterocycles. The van der Waals surface area contributed by atoms with Gasteiger partial charge in [0.15, 0.2) is 6.10 Å². The highest BCUT2D eigenvalue weighted by atomic mass is 35.5. The third-order valence-electron chi connectivity index (χ3n) is 2.77. The summed E-state index contributed by atoms with van der Waals surface area (Å²) in [6, 6.07) is 15.4. The summed E-state index contributed by atoms with van der Waals surface area (Å²) in [5.74, 6) is 0.406. The van der Waals surface area contributed by atoms with Crippen LogP contribution in [0.4, 0.5) is 0 Å². The van der Waals surface area contributed by atoms with Gasteiger partial charge in [-0.1, -0.05) is 23.7 Å². The Hall–Kier alpha value is -2.31. The van der Waals surface area contributed by atoms with Crippen LogP contribution < -0.4 is 4.74 Å². The molecule has 3 nitrogen and oxygen atoms in total. The maximum absolute atomic E-state index is 12.2. The molecule has 0 aliphatic heterocycles. The minimum Gasteiger partial charge on any atom is -0.483 e. The first-order chi connectivity index (χ1) is 9.60. The summed E-state index contributed by atoms with van der Waals surface area (Å²) >= 11 is 5.86. The molecule has 0 bridgehead atoms. The summed E-state index contributed by atoms with van der Waals surface area (Å²) in [5.41, 5.74) is 1.06. The number of carbonyl (C=O) groups excluding carboxylic acids is 1. The fourth-order valence-electron chi connectivity index (χ4n) is 1.74. The molecule has 1 atom stereocenters. The lowest BCUT2D eigenvalue weighted by Gasteiger charge is -2.13. The zero-order valence-corrected chi connectivity index (χ0v) is 11.6. The molecule has 100 valence electrons. The number of carbonyl (C=O) groups is 1. The molecule has 0 N–H and O–H groups in total. The van der Waals surface area contributed by atoms with Crippen molar-refractivity contribution in [2.45, 2.75) is 13.0 Å². The number of hydrogen-bond donors (Lipinski definition) is 0. The number of ether oxygens (including phenoxy) is 1. The van der Waals surface area contributed by atoms with Crippen LogP contribution in [0.15, 0.2) is 48.5 Å². The first-order valence-electron chi connectivity index (χ1n) is 6.07. The summed E-state index contributed by atoms with van der Waals surface area (Å²) < 4.78 is 5.57. The average molecular weight is 286 g/mol. The summed E-state index contributed by atoms with van der Waals surface area (Å²) in [6.07, 6.45) is -0.624. The predicted octanol–water partition coefficient (Wildman–Crippen LogP) is 3.86. The minimum atomic E-state index is -0.624. The van der Waals surface area contributed by atoms with Crippen molar-refractivity contribution in [2.24, 2.45) is 0 Å². The van der Waals surface area contributed by atoms with Crippen LogP contribution >= 0.6 is 11.6 Å². The molecule has 0 aliphatic rings. The maximum Gasteiger partial charge on any atom is 0.203 e. The number of nitrogens with zero attached hydrogens (tertiary/aromatic N) is 1. The highest BCUT2D eigenvalue weighted by Gasteiger charge is 2.17. The van der Waals surface area contributed by atoms with Crippen LogP contribution in [0.25, 0.3) is 0 Å². The van der Waals surface area contributed by atoms with E-state index in [0.29, 0.717) is 21.9 Å². The van der Waals surface area contributed by atoms with E-state index < -0.39 is 6.10 Å². The second kappa shape index (κ2) is 6.23. The number of ketones is 1. The number of Topliss-reactive ketones (excluding diaryl/α,β-unsaturated/α-hetero) is 1. The van der Waals surface area contributed by atoms with E-state index in [0.717, 1.165) is 0 Å². The summed E-state index contributed by atoms with van der Waals surface area (Å²) in [6.45, 7) is 1.68. The first-order valence-corrected chi connectivity index (χ1v) is 6.44. The lowest BCUT2D eigenvalue weighted by atomic mass is 10.1. The van der Waals surface area contributed by atoms with Gasteiger partial charge in [0, 0.05) is 10.6 Å². The Balaban J connectivity index is 2.09. The van der Waals surface area contributed by atoms with Gasteiger partial charge >= 0.3 is 0 Å². The second-order valence-corrected chi connectivity index (χ2v) is 4.71. The number of hydrogen-bond acceptors (Lipinski definition) is 3. The van der Waals surface area contributed by atoms with Gasteiger partial charge in [0.1, 0.15) is 5.75 Å². The summed E-state index contributed by atoms with van der Waals surface area (Å²) in [4.78, 5) is 12.2. The molecule has 4 heteroatoms. The highest BCUT2D eigenvalue weighted by Crippen LogP contribution is 2.17. The fraction of sp³-hybridized carbons (Fsp3) is 0.125. The molecule has 0 heterocycles. The van der Waals surface area contributed by atoms with Gasteiger partial charge in [0.25, 0.3) is 0 Å². The Morgan fingerprint density at radius 2 is 1.95 bits per heavy atom. The number of nitriles is 1. The molecule has 20 heavy (non-hydrogen) atoms. The van der Waals surface area contributed by atoms with Gasteiger partial charge in [-0.15, -0.1) is 0 Å². The molecule has 0 saturated carbocycles. The van der Waals surface area contributed by atoms with E-state index in [-0.39, 0.29) is 5.78 Å². The minimum absolute atomic E-state index is 0.142. The topological polar surface area (TPSA) is 50.1 Å². The van der Waals surface area contributed by atoms with E-state index in [1.54, 1.807) is 55.5 Å². The van der Waals surface area contributed by atoms with Crippen molar-refractivity contribution in [1.82, 2.24) is 0 Å². The van der Waals surface area contributed by atoms with Crippen molar-refractivity contribution >= 4 is 17.4 Å². The first kappa shape index (κ1) is 14.1. The van der Waals surface area contributed by atoms with E-state index in [9.17, 15) is 4.79 Å². The number of halogens is 1. The quantitative estimate of drug-likeness (QED) is 0.802. The number of benzene rings is 2. The summed E-state index contributed by atoms with van der Waals surface area (Å²) in [7, 11) is 0. The van der Waals surface area contributed by atoms with Crippen molar-refractivity contribution in [3.05, 3.63) is 64.7 Å². The molecule has 0 aliphatic carbocycles. The Bertz CT molecular complexity index is 659. The molecular weight excluding hydrogens is 274 g/mol. The van der Waals surface area contributed by atoms with Gasteiger partial charge in [-0.2, -0.15) is 5.26 Å². The van der Waals surface area contributed by atoms with Crippen LogP contribution in [-0.2, 0) is 0 Å². The maximum atomic E-state index is 12.2. The fourth-order valence-corrected chi connectivity index (χ4v) is 1.93. The van der Waals surface area contributed by atoms with Crippen molar-refractivity contribution in [2.75, 3.05) is 0 Å². The highest BCUT2D eigenvalue weighted by molar-refractivity contribution is 6.31. The third-order valence-corrected chi connectivity index (χ3v) is 3.01. The van der Waals surface area contributed by atoms with E-state index in [4.69, 9.17) is 21.6 Å². The van der Waals surface area contributed by atoms with Crippen molar-refractivity contribution in [1.29, 1.82) is 5.26 Å². The zero-order chi connectivity index (χ0) is 14.5. The van der Waals surface area contributed by atoms with Gasteiger partial charge in [-0.05, 0) is 43.3 Å². The molecule has 2 aromatic rings. The van der Waals surface area contributed by atoms with Crippen molar-refractivity contribution in [3.8, 4) is 11.8 Å². The predicted molar refractivity (Wildman–Crippen MR) is 77.0 cm³/mol. The molecule has 0 spiro atoms. The molecule has 0 unspecified atom stereocenters. The van der Waals surface area contributed by atoms with Crippen LogP contribution in [0, 0.1) is 11.3 Å². The van der Waals surface area contributed by atoms with Crippen LogP contribution in [0.5, 0.6) is 5.75 Å². The lowest BCUT2D eigenvalue weighted by Crippen LogP contribution is -2.23. The smallest absolute Gasteiger partial charge is 0.203 e. The molecular formula is C16H12ClNO2. The Morgan fingerprint density at radius 3 is 2.55 bits per heavy atom.